The highest BCUT2D eigenvalue weighted by atomic mass is 16.3. The van der Waals surface area contributed by atoms with Gasteiger partial charge in [-0.3, -0.25) is 4.79 Å². The van der Waals surface area contributed by atoms with E-state index in [0.29, 0.717) is 0 Å². The van der Waals surface area contributed by atoms with Crippen LogP contribution in [0.5, 0.6) is 0 Å². The summed E-state index contributed by atoms with van der Waals surface area (Å²) in [7, 11) is 0. The van der Waals surface area contributed by atoms with Gasteiger partial charge in [0.1, 0.15) is 0 Å². The lowest BCUT2D eigenvalue weighted by Crippen LogP contribution is -2.42. The van der Waals surface area contributed by atoms with Crippen LogP contribution in [0.25, 0.3) is 0 Å². The Morgan fingerprint density at radius 1 is 1.00 bits per heavy atom. The molecule has 21 heavy (non-hydrogen) atoms. The largest absolute Gasteiger partial charge is 0.391 e. The number of hydrogen-bond acceptors (Lipinski definition) is 2. The van der Waals surface area contributed by atoms with E-state index in [4.69, 9.17) is 0 Å². The molecule has 1 fully saturated rings. The molecule has 2 atom stereocenters. The van der Waals surface area contributed by atoms with Crippen LogP contribution in [-0.4, -0.2) is 23.2 Å². The number of carbonyl (C=O) groups is 1. The van der Waals surface area contributed by atoms with Gasteiger partial charge in [0.25, 0.3) is 5.91 Å². The van der Waals surface area contributed by atoms with E-state index in [9.17, 15) is 9.90 Å². The molecule has 1 aromatic carbocycles. The summed E-state index contributed by atoms with van der Waals surface area (Å²) >= 11 is 0. The zero-order valence-corrected chi connectivity index (χ0v) is 12.6. The van der Waals surface area contributed by atoms with Crippen LogP contribution in [-0.2, 0) is 12.8 Å². The number of aliphatic hydroxyl groups excluding tert-OH is 1. The first kappa shape index (κ1) is 14.6. The van der Waals surface area contributed by atoms with E-state index in [2.05, 4.69) is 11.4 Å². The van der Waals surface area contributed by atoms with Gasteiger partial charge in [-0.05, 0) is 61.8 Å². The van der Waals surface area contributed by atoms with Crippen molar-refractivity contribution in [3.63, 3.8) is 0 Å². The fourth-order valence-electron chi connectivity index (χ4n) is 3.58. The highest BCUT2D eigenvalue weighted by Crippen LogP contribution is 2.23. The Morgan fingerprint density at radius 3 is 2.62 bits per heavy atom. The lowest BCUT2D eigenvalue weighted by molar-refractivity contribution is 0.0818. The predicted octanol–water partition coefficient (Wildman–Crippen LogP) is 2.99. The van der Waals surface area contributed by atoms with Crippen LogP contribution in [0.1, 0.15) is 66.4 Å². The van der Waals surface area contributed by atoms with Crippen molar-refractivity contribution in [2.24, 2.45) is 0 Å². The van der Waals surface area contributed by atoms with Crippen molar-refractivity contribution in [2.45, 2.75) is 69.9 Å². The van der Waals surface area contributed by atoms with Gasteiger partial charge in [-0.15, -0.1) is 0 Å². The summed E-state index contributed by atoms with van der Waals surface area (Å²) in [5.41, 5.74) is 3.47. The summed E-state index contributed by atoms with van der Waals surface area (Å²) in [6, 6.07) is 6.00. The number of aliphatic hydroxyl groups is 1. The normalized spacial score (nSPS) is 25.8. The van der Waals surface area contributed by atoms with Gasteiger partial charge in [-0.25, -0.2) is 0 Å². The Labute approximate surface area is 126 Å². The summed E-state index contributed by atoms with van der Waals surface area (Å²) in [5, 5.41) is 13.2. The highest BCUT2D eigenvalue weighted by molar-refractivity contribution is 5.94. The predicted molar refractivity (Wildman–Crippen MR) is 83.4 cm³/mol. The number of carbonyl (C=O) groups excluding carboxylic acids is 1. The van der Waals surface area contributed by atoms with E-state index in [-0.39, 0.29) is 11.9 Å². The first-order chi connectivity index (χ1) is 10.2. The number of rotatable bonds is 2. The number of nitrogens with one attached hydrogen (secondary N) is 1. The molecule has 3 nitrogen and oxygen atoms in total. The van der Waals surface area contributed by atoms with E-state index in [0.717, 1.165) is 50.5 Å². The Hall–Kier alpha value is -1.35. The quantitative estimate of drug-likeness (QED) is 0.822. The summed E-state index contributed by atoms with van der Waals surface area (Å²) < 4.78 is 0. The molecular formula is C18H25NO2. The molecule has 1 amide bonds. The van der Waals surface area contributed by atoms with E-state index in [1.165, 1.54) is 24.0 Å². The fraction of sp³-hybridized carbons (Fsp3) is 0.611. The van der Waals surface area contributed by atoms with E-state index in [1.54, 1.807) is 0 Å². The molecule has 0 spiro atoms. The number of amides is 1. The van der Waals surface area contributed by atoms with Gasteiger partial charge >= 0.3 is 0 Å². The Kier molecular flexibility index (Phi) is 4.59. The van der Waals surface area contributed by atoms with Crippen LogP contribution < -0.4 is 5.32 Å². The van der Waals surface area contributed by atoms with Crippen LogP contribution in [0.15, 0.2) is 18.2 Å². The third-order valence-corrected chi connectivity index (χ3v) is 4.91. The second-order valence-electron chi connectivity index (χ2n) is 6.48. The third kappa shape index (κ3) is 3.46. The fourth-order valence-corrected chi connectivity index (χ4v) is 3.58. The summed E-state index contributed by atoms with van der Waals surface area (Å²) in [6.07, 6.45) is 9.30. The second-order valence-corrected chi connectivity index (χ2v) is 6.48. The molecule has 1 saturated carbocycles. The minimum atomic E-state index is -0.394. The molecule has 0 bridgehead atoms. The summed E-state index contributed by atoms with van der Waals surface area (Å²) in [6.45, 7) is 0. The SMILES string of the molecule is O=C(NC1CCCCCC1O)c1ccc2c(c1)CCCC2. The Balaban J connectivity index is 1.69. The van der Waals surface area contributed by atoms with Crippen molar-refractivity contribution in [1.29, 1.82) is 0 Å². The van der Waals surface area contributed by atoms with Crippen LogP contribution >= 0.6 is 0 Å². The monoisotopic (exact) mass is 287 g/mol. The van der Waals surface area contributed by atoms with Crippen molar-refractivity contribution >= 4 is 5.91 Å². The minimum absolute atomic E-state index is 0.0330. The lowest BCUT2D eigenvalue weighted by Gasteiger charge is -2.22. The second kappa shape index (κ2) is 6.61. The van der Waals surface area contributed by atoms with Crippen LogP contribution in [0, 0.1) is 0 Å². The van der Waals surface area contributed by atoms with Gasteiger partial charge in [0.2, 0.25) is 0 Å². The minimum Gasteiger partial charge on any atom is -0.391 e. The number of hydrogen-bond donors (Lipinski definition) is 2. The molecule has 2 unspecified atom stereocenters. The van der Waals surface area contributed by atoms with Gasteiger partial charge in [0, 0.05) is 5.56 Å². The van der Waals surface area contributed by atoms with Crippen LogP contribution in [0.2, 0.25) is 0 Å². The molecule has 3 rings (SSSR count). The molecule has 2 N–H and O–H groups in total. The van der Waals surface area contributed by atoms with Crippen molar-refractivity contribution in [1.82, 2.24) is 5.32 Å². The highest BCUT2D eigenvalue weighted by Gasteiger charge is 2.24. The van der Waals surface area contributed by atoms with Crippen molar-refractivity contribution in [3.05, 3.63) is 34.9 Å². The molecule has 2 aliphatic rings. The number of benzene rings is 1. The van der Waals surface area contributed by atoms with Gasteiger partial charge < -0.3 is 10.4 Å². The van der Waals surface area contributed by atoms with Crippen molar-refractivity contribution in [3.8, 4) is 0 Å². The molecule has 3 heteroatoms. The molecule has 1 aromatic rings. The van der Waals surface area contributed by atoms with E-state index < -0.39 is 6.10 Å². The molecule has 114 valence electrons. The molecular weight excluding hydrogens is 262 g/mol. The molecule has 2 aliphatic carbocycles. The molecule has 0 aliphatic heterocycles. The first-order valence-electron chi connectivity index (χ1n) is 8.35. The standard InChI is InChI=1S/C18H25NO2/c20-17-9-3-1-2-8-16(17)19-18(21)15-11-10-13-6-4-5-7-14(13)12-15/h10-12,16-17,20H,1-9H2,(H,19,21). The lowest BCUT2D eigenvalue weighted by atomic mass is 9.90. The molecule has 0 heterocycles. The van der Waals surface area contributed by atoms with Crippen LogP contribution in [0.4, 0.5) is 0 Å². The maximum Gasteiger partial charge on any atom is 0.251 e. The van der Waals surface area contributed by atoms with Gasteiger partial charge in [0.15, 0.2) is 0 Å². The van der Waals surface area contributed by atoms with Gasteiger partial charge in [0.05, 0.1) is 12.1 Å². The molecule has 0 aromatic heterocycles. The average Bonchev–Trinajstić information content (AvgIpc) is 2.72. The third-order valence-electron chi connectivity index (χ3n) is 4.91. The summed E-state index contributed by atoms with van der Waals surface area (Å²) in [4.78, 5) is 12.4. The van der Waals surface area contributed by atoms with Gasteiger partial charge in [-0.1, -0.05) is 25.3 Å². The van der Waals surface area contributed by atoms with Crippen LogP contribution in [0.3, 0.4) is 0 Å². The smallest absolute Gasteiger partial charge is 0.251 e. The average molecular weight is 287 g/mol. The maximum atomic E-state index is 12.4. The van der Waals surface area contributed by atoms with Gasteiger partial charge in [-0.2, -0.15) is 0 Å². The zero-order valence-electron chi connectivity index (χ0n) is 12.6. The number of fused-ring (bicyclic) bond motifs is 1. The molecule has 0 radical (unpaired) electrons. The Morgan fingerprint density at radius 2 is 1.76 bits per heavy atom. The van der Waals surface area contributed by atoms with Crippen molar-refractivity contribution < 1.29 is 9.90 Å². The summed E-state index contributed by atoms with van der Waals surface area (Å²) in [5.74, 6) is -0.0330. The van der Waals surface area contributed by atoms with E-state index >= 15 is 0 Å². The van der Waals surface area contributed by atoms with Crippen molar-refractivity contribution in [2.75, 3.05) is 0 Å². The van der Waals surface area contributed by atoms with E-state index in [1.807, 2.05) is 12.1 Å². The number of aryl methyl sites for hydroxylation is 2. The molecule has 0 saturated heterocycles. The Bertz CT molecular complexity index is 512. The first-order valence-corrected chi connectivity index (χ1v) is 8.35. The topological polar surface area (TPSA) is 49.3 Å². The maximum absolute atomic E-state index is 12.4. The zero-order chi connectivity index (χ0) is 14.7.